The minimum absolute atomic E-state index is 0.00752. The van der Waals surface area contributed by atoms with Crippen molar-refractivity contribution < 1.29 is 14.1 Å². The second kappa shape index (κ2) is 5.38. The van der Waals surface area contributed by atoms with E-state index in [4.69, 9.17) is 27.9 Å². The largest absolute Gasteiger partial charge is 0.432 e. The Labute approximate surface area is 116 Å². The lowest BCUT2D eigenvalue weighted by molar-refractivity contribution is -0.386. The number of benzene rings is 1. The molecule has 2 aromatic rings. The molecule has 8 heteroatoms. The third kappa shape index (κ3) is 3.10. The Balaban J connectivity index is 2.45. The number of hydrogen-bond acceptors (Lipinski definition) is 4. The Morgan fingerprint density at radius 3 is 2.68 bits per heavy atom. The molecule has 0 bridgehead atoms. The van der Waals surface area contributed by atoms with E-state index in [2.05, 4.69) is 4.98 Å². The molecule has 5 nitrogen and oxygen atoms in total. The fourth-order valence-electron chi connectivity index (χ4n) is 1.28. The van der Waals surface area contributed by atoms with Gasteiger partial charge in [-0.25, -0.2) is 4.39 Å². The monoisotopic (exact) mass is 302 g/mol. The summed E-state index contributed by atoms with van der Waals surface area (Å²) in [5.74, 6) is -1.03. The quantitative estimate of drug-likeness (QED) is 0.483. The molecule has 0 fully saturated rings. The highest BCUT2D eigenvalue weighted by Crippen LogP contribution is 2.34. The Hall–Kier alpha value is -1.92. The van der Waals surface area contributed by atoms with Crippen LogP contribution in [0.25, 0.3) is 0 Å². The Kier molecular flexibility index (Phi) is 3.82. The van der Waals surface area contributed by atoms with Gasteiger partial charge in [-0.1, -0.05) is 23.2 Å². The highest BCUT2D eigenvalue weighted by atomic mass is 35.5. The third-order valence-electron chi connectivity index (χ3n) is 2.10. The van der Waals surface area contributed by atoms with E-state index in [-0.39, 0.29) is 21.8 Å². The Morgan fingerprint density at radius 2 is 2.00 bits per heavy atom. The van der Waals surface area contributed by atoms with Crippen molar-refractivity contribution in [2.24, 2.45) is 0 Å². The van der Waals surface area contributed by atoms with E-state index in [1.807, 2.05) is 0 Å². The zero-order chi connectivity index (χ0) is 14.0. The lowest BCUT2D eigenvalue weighted by Crippen LogP contribution is -1.96. The summed E-state index contributed by atoms with van der Waals surface area (Å²) in [4.78, 5) is 13.8. The molecule has 0 atom stereocenters. The molecular weight excluding hydrogens is 298 g/mol. The highest BCUT2D eigenvalue weighted by Gasteiger charge is 2.19. The lowest BCUT2D eigenvalue weighted by Gasteiger charge is -2.07. The zero-order valence-corrected chi connectivity index (χ0v) is 10.7. The van der Waals surface area contributed by atoms with E-state index in [0.717, 1.165) is 18.2 Å². The number of rotatable bonds is 3. The van der Waals surface area contributed by atoms with E-state index in [9.17, 15) is 14.5 Å². The molecular formula is C11H5Cl2FN2O3. The van der Waals surface area contributed by atoms with Crippen LogP contribution >= 0.6 is 23.2 Å². The number of nitrogens with zero attached hydrogens (tertiary/aromatic N) is 2. The van der Waals surface area contributed by atoms with Gasteiger partial charge < -0.3 is 4.74 Å². The van der Waals surface area contributed by atoms with Crippen molar-refractivity contribution in [1.82, 2.24) is 4.98 Å². The van der Waals surface area contributed by atoms with Crippen LogP contribution in [-0.2, 0) is 0 Å². The first-order valence-electron chi connectivity index (χ1n) is 4.91. The molecule has 0 aliphatic rings. The van der Waals surface area contributed by atoms with Gasteiger partial charge in [0, 0.05) is 12.1 Å². The molecule has 0 aliphatic heterocycles. The number of pyridine rings is 1. The molecule has 0 N–H and O–H groups in total. The number of aromatic nitrogens is 1. The molecule has 2 rings (SSSR count). The predicted molar refractivity (Wildman–Crippen MR) is 67.4 cm³/mol. The highest BCUT2D eigenvalue weighted by molar-refractivity contribution is 6.32. The smallest absolute Gasteiger partial charge is 0.331 e. The summed E-state index contributed by atoms with van der Waals surface area (Å²) in [7, 11) is 0. The second-order valence-corrected chi connectivity index (χ2v) is 4.19. The maximum Gasteiger partial charge on any atom is 0.331 e. The molecule has 98 valence electrons. The molecule has 0 aliphatic carbocycles. The first-order valence-corrected chi connectivity index (χ1v) is 5.67. The Bertz CT molecular complexity index is 652. The van der Waals surface area contributed by atoms with Gasteiger partial charge in [0.25, 0.3) is 0 Å². The van der Waals surface area contributed by atoms with Crippen molar-refractivity contribution >= 4 is 28.9 Å². The van der Waals surface area contributed by atoms with Gasteiger partial charge in [0.05, 0.1) is 9.95 Å². The van der Waals surface area contributed by atoms with E-state index >= 15 is 0 Å². The lowest BCUT2D eigenvalue weighted by atomic mass is 10.3. The standard InChI is InChI=1S/C11H5Cl2FN2O3/c12-7-2-1-6(14)5-9(7)19-11-8(16(17)18)3-4-10(13)15-11/h1-5H. The maximum atomic E-state index is 13.1. The predicted octanol–water partition coefficient (Wildman–Crippen LogP) is 4.23. The van der Waals surface area contributed by atoms with Crippen molar-refractivity contribution in [3.05, 3.63) is 56.4 Å². The maximum absolute atomic E-state index is 13.1. The molecule has 0 saturated heterocycles. The molecule has 0 saturated carbocycles. The van der Waals surface area contributed by atoms with Crippen LogP contribution in [0.3, 0.4) is 0 Å². The summed E-state index contributed by atoms with van der Waals surface area (Å²) in [6, 6.07) is 5.78. The second-order valence-electron chi connectivity index (χ2n) is 3.39. The summed E-state index contributed by atoms with van der Waals surface area (Å²) in [6.45, 7) is 0. The molecule has 1 heterocycles. The minimum Gasteiger partial charge on any atom is -0.432 e. The van der Waals surface area contributed by atoms with Gasteiger partial charge in [0.2, 0.25) is 0 Å². The van der Waals surface area contributed by atoms with E-state index < -0.39 is 16.4 Å². The minimum atomic E-state index is -0.689. The summed E-state index contributed by atoms with van der Waals surface area (Å²) < 4.78 is 18.2. The van der Waals surface area contributed by atoms with Crippen molar-refractivity contribution in [3.8, 4) is 11.6 Å². The average molecular weight is 303 g/mol. The zero-order valence-electron chi connectivity index (χ0n) is 9.14. The fourth-order valence-corrected chi connectivity index (χ4v) is 1.58. The molecule has 1 aromatic carbocycles. The molecule has 19 heavy (non-hydrogen) atoms. The van der Waals surface area contributed by atoms with E-state index in [1.54, 1.807) is 0 Å². The van der Waals surface area contributed by atoms with Gasteiger partial charge in [-0.2, -0.15) is 4.98 Å². The topological polar surface area (TPSA) is 65.3 Å². The van der Waals surface area contributed by atoms with Crippen LogP contribution in [0.1, 0.15) is 0 Å². The number of halogens is 3. The average Bonchev–Trinajstić information content (AvgIpc) is 2.33. The molecule has 0 unspecified atom stereocenters. The van der Waals surface area contributed by atoms with Crippen LogP contribution in [-0.4, -0.2) is 9.91 Å². The molecule has 0 amide bonds. The molecule has 1 aromatic heterocycles. The molecule has 0 spiro atoms. The summed E-state index contributed by atoms with van der Waals surface area (Å²) in [5, 5.41) is 10.9. The van der Waals surface area contributed by atoms with Crippen LogP contribution in [0.5, 0.6) is 11.6 Å². The summed E-state index contributed by atoms with van der Waals surface area (Å²) in [6.07, 6.45) is 0. The van der Waals surface area contributed by atoms with Crippen LogP contribution in [0, 0.1) is 15.9 Å². The van der Waals surface area contributed by atoms with Crippen LogP contribution in [0.2, 0.25) is 10.2 Å². The van der Waals surface area contributed by atoms with E-state index in [1.165, 1.54) is 12.1 Å². The van der Waals surface area contributed by atoms with Gasteiger partial charge in [-0.3, -0.25) is 10.1 Å². The van der Waals surface area contributed by atoms with Gasteiger partial charge in [-0.05, 0) is 18.2 Å². The number of ether oxygens (including phenoxy) is 1. The van der Waals surface area contributed by atoms with Crippen LogP contribution < -0.4 is 4.74 Å². The summed E-state index contributed by atoms with van der Waals surface area (Å²) in [5.41, 5.74) is -0.398. The fraction of sp³-hybridized carbons (Fsp3) is 0. The SMILES string of the molecule is O=[N+]([O-])c1ccc(Cl)nc1Oc1cc(F)ccc1Cl. The van der Waals surface area contributed by atoms with Crippen molar-refractivity contribution in [1.29, 1.82) is 0 Å². The first-order chi connectivity index (χ1) is 8.97. The van der Waals surface area contributed by atoms with Gasteiger partial charge in [0.15, 0.2) is 5.75 Å². The Morgan fingerprint density at radius 1 is 1.26 bits per heavy atom. The van der Waals surface area contributed by atoms with Gasteiger partial charge in [0.1, 0.15) is 11.0 Å². The normalized spacial score (nSPS) is 10.3. The molecule has 0 radical (unpaired) electrons. The van der Waals surface area contributed by atoms with Crippen LogP contribution in [0.4, 0.5) is 10.1 Å². The third-order valence-corrected chi connectivity index (χ3v) is 2.63. The number of hydrogen-bond donors (Lipinski definition) is 0. The van der Waals surface area contributed by atoms with Crippen LogP contribution in [0.15, 0.2) is 30.3 Å². The number of nitro groups is 1. The van der Waals surface area contributed by atoms with Gasteiger partial charge in [-0.15, -0.1) is 0 Å². The van der Waals surface area contributed by atoms with Crippen molar-refractivity contribution in [3.63, 3.8) is 0 Å². The van der Waals surface area contributed by atoms with E-state index in [0.29, 0.717) is 0 Å². The van der Waals surface area contributed by atoms with Gasteiger partial charge >= 0.3 is 11.6 Å². The van der Waals surface area contributed by atoms with Crippen molar-refractivity contribution in [2.75, 3.05) is 0 Å². The summed E-state index contributed by atoms with van der Waals surface area (Å²) >= 11 is 11.4. The van der Waals surface area contributed by atoms with Crippen molar-refractivity contribution in [2.45, 2.75) is 0 Å². The first kappa shape index (κ1) is 13.5.